The lowest BCUT2D eigenvalue weighted by atomic mass is 10.0. The molecule has 0 aliphatic carbocycles. The number of hydrogen-bond donors (Lipinski definition) is 1. The molecular weight excluding hydrogens is 324 g/mol. The molecule has 1 fully saturated rings. The Morgan fingerprint density at radius 1 is 1.33 bits per heavy atom. The molecule has 0 bridgehead atoms. The van der Waals surface area contributed by atoms with Crippen molar-refractivity contribution < 1.29 is 13.2 Å². The first kappa shape index (κ1) is 18.9. The number of nitrogens with one attached hydrogen (secondary N) is 1. The number of likely N-dealkylation sites (tertiary alicyclic amines) is 1. The maximum atomic E-state index is 12.3. The van der Waals surface area contributed by atoms with Crippen molar-refractivity contribution >= 4 is 15.7 Å². The highest BCUT2D eigenvalue weighted by atomic mass is 32.2. The third kappa shape index (κ3) is 5.05. The fourth-order valence-corrected chi connectivity index (χ4v) is 4.26. The second-order valence-electron chi connectivity index (χ2n) is 6.56. The fourth-order valence-electron chi connectivity index (χ4n) is 3.17. The van der Waals surface area contributed by atoms with E-state index in [1.54, 1.807) is 25.1 Å². The van der Waals surface area contributed by atoms with Gasteiger partial charge >= 0.3 is 0 Å². The topological polar surface area (TPSA) is 66.5 Å². The molecule has 0 saturated carbocycles. The predicted octanol–water partition coefficient (Wildman–Crippen LogP) is 2.33. The molecule has 1 aromatic rings. The van der Waals surface area contributed by atoms with Gasteiger partial charge in [0.05, 0.1) is 16.2 Å². The summed E-state index contributed by atoms with van der Waals surface area (Å²) in [4.78, 5) is 14.9. The van der Waals surface area contributed by atoms with Crippen LogP contribution in [0.4, 0.5) is 0 Å². The lowest BCUT2D eigenvalue weighted by molar-refractivity contribution is 0.0947. The molecule has 1 heterocycles. The maximum absolute atomic E-state index is 12.3. The van der Waals surface area contributed by atoms with Gasteiger partial charge in [-0.3, -0.25) is 4.79 Å². The molecule has 1 aromatic carbocycles. The van der Waals surface area contributed by atoms with Gasteiger partial charge in [0.2, 0.25) is 0 Å². The molecule has 1 saturated heterocycles. The number of benzene rings is 1. The van der Waals surface area contributed by atoms with Crippen molar-refractivity contribution in [3.05, 3.63) is 29.8 Å². The van der Waals surface area contributed by atoms with E-state index >= 15 is 0 Å². The maximum Gasteiger partial charge on any atom is 0.252 e. The summed E-state index contributed by atoms with van der Waals surface area (Å²) in [5.41, 5.74) is 0.242. The zero-order chi connectivity index (χ0) is 17.6. The summed E-state index contributed by atoms with van der Waals surface area (Å²) in [6, 6.07) is 6.42. The molecule has 0 aromatic heterocycles. The third-order valence-corrected chi connectivity index (χ3v) is 6.31. The molecule has 1 atom stereocenters. The highest BCUT2D eigenvalue weighted by Gasteiger charge is 2.20. The summed E-state index contributed by atoms with van der Waals surface area (Å²) in [5.74, 6) is 0.430. The fraction of sp³-hybridized carbons (Fsp3) is 0.611. The van der Waals surface area contributed by atoms with Crippen LogP contribution in [0, 0.1) is 5.92 Å². The van der Waals surface area contributed by atoms with Gasteiger partial charge in [-0.05, 0) is 50.4 Å². The number of nitrogens with zero attached hydrogens (tertiary/aromatic N) is 1. The van der Waals surface area contributed by atoms with E-state index in [1.165, 1.54) is 18.9 Å². The van der Waals surface area contributed by atoms with Crippen molar-refractivity contribution in [3.63, 3.8) is 0 Å². The van der Waals surface area contributed by atoms with E-state index in [0.717, 1.165) is 32.0 Å². The zero-order valence-electron chi connectivity index (χ0n) is 14.6. The Morgan fingerprint density at radius 3 is 2.79 bits per heavy atom. The van der Waals surface area contributed by atoms with Gasteiger partial charge < -0.3 is 10.2 Å². The molecule has 0 radical (unpaired) electrons. The molecule has 6 heteroatoms. The molecule has 24 heavy (non-hydrogen) atoms. The van der Waals surface area contributed by atoms with Gasteiger partial charge in [0.25, 0.3) is 5.91 Å². The summed E-state index contributed by atoms with van der Waals surface area (Å²) in [6.45, 7) is 7.66. The van der Waals surface area contributed by atoms with Crippen molar-refractivity contribution in [2.24, 2.45) is 5.92 Å². The molecule has 2 rings (SSSR count). The molecular formula is C18H28N2O3S. The van der Waals surface area contributed by atoms with Crippen molar-refractivity contribution in [2.75, 3.05) is 31.9 Å². The van der Waals surface area contributed by atoms with Crippen LogP contribution in [0.2, 0.25) is 0 Å². The Labute approximate surface area is 145 Å². The number of piperidine rings is 1. The van der Waals surface area contributed by atoms with Crippen LogP contribution in [-0.2, 0) is 9.84 Å². The Kier molecular flexibility index (Phi) is 6.80. The summed E-state index contributed by atoms with van der Waals surface area (Å²) < 4.78 is 24.2. The van der Waals surface area contributed by atoms with E-state index in [1.807, 2.05) is 0 Å². The van der Waals surface area contributed by atoms with Crippen LogP contribution >= 0.6 is 0 Å². The van der Waals surface area contributed by atoms with E-state index in [0.29, 0.717) is 6.54 Å². The van der Waals surface area contributed by atoms with Crippen LogP contribution in [-0.4, -0.2) is 51.2 Å². The van der Waals surface area contributed by atoms with Crippen molar-refractivity contribution in [1.29, 1.82) is 0 Å². The van der Waals surface area contributed by atoms with Crippen molar-refractivity contribution in [1.82, 2.24) is 10.2 Å². The van der Waals surface area contributed by atoms with E-state index in [-0.39, 0.29) is 22.1 Å². The number of rotatable bonds is 7. The quantitative estimate of drug-likeness (QED) is 0.765. The Morgan fingerprint density at radius 2 is 2.08 bits per heavy atom. The molecule has 1 N–H and O–H groups in total. The number of amides is 1. The van der Waals surface area contributed by atoms with Gasteiger partial charge in [0, 0.05) is 13.1 Å². The lowest BCUT2D eigenvalue weighted by Crippen LogP contribution is -2.36. The highest BCUT2D eigenvalue weighted by Crippen LogP contribution is 2.17. The van der Waals surface area contributed by atoms with Gasteiger partial charge in [-0.2, -0.15) is 0 Å². The zero-order valence-corrected chi connectivity index (χ0v) is 15.4. The Bertz CT molecular complexity index is 658. The van der Waals surface area contributed by atoms with Gasteiger partial charge in [0.15, 0.2) is 9.84 Å². The number of carbonyl (C=O) groups excluding carboxylic acids is 1. The van der Waals surface area contributed by atoms with Gasteiger partial charge in [0.1, 0.15) is 0 Å². The number of sulfone groups is 1. The summed E-state index contributed by atoms with van der Waals surface area (Å²) in [6.07, 6.45) is 3.42. The summed E-state index contributed by atoms with van der Waals surface area (Å²) >= 11 is 0. The SMILES string of the molecule is CCS(=O)(=O)c1ccccc1C(=O)NCCCN1CCC[C@H](C)C1. The molecule has 1 amide bonds. The van der Waals surface area contributed by atoms with Gasteiger partial charge in [-0.25, -0.2) is 8.42 Å². The Balaban J connectivity index is 1.87. The minimum atomic E-state index is -3.40. The highest BCUT2D eigenvalue weighted by molar-refractivity contribution is 7.91. The molecule has 5 nitrogen and oxygen atoms in total. The summed E-state index contributed by atoms with van der Waals surface area (Å²) in [5, 5.41) is 2.86. The first-order valence-corrected chi connectivity index (χ1v) is 10.4. The van der Waals surface area contributed by atoms with E-state index in [4.69, 9.17) is 0 Å². The summed E-state index contributed by atoms with van der Waals surface area (Å²) in [7, 11) is -3.40. The second-order valence-corrected chi connectivity index (χ2v) is 8.80. The molecule has 0 spiro atoms. The minimum Gasteiger partial charge on any atom is -0.352 e. The van der Waals surface area contributed by atoms with E-state index in [9.17, 15) is 13.2 Å². The molecule has 1 aliphatic rings. The van der Waals surface area contributed by atoms with Gasteiger partial charge in [-0.1, -0.05) is 26.0 Å². The van der Waals surface area contributed by atoms with Crippen LogP contribution in [0.1, 0.15) is 43.5 Å². The number of hydrogen-bond acceptors (Lipinski definition) is 4. The molecule has 134 valence electrons. The lowest BCUT2D eigenvalue weighted by Gasteiger charge is -2.30. The smallest absolute Gasteiger partial charge is 0.252 e. The van der Waals surface area contributed by atoms with E-state index < -0.39 is 9.84 Å². The predicted molar refractivity (Wildman–Crippen MR) is 96.0 cm³/mol. The molecule has 0 unspecified atom stereocenters. The second kappa shape index (κ2) is 8.62. The van der Waals surface area contributed by atoms with Crippen LogP contribution in [0.15, 0.2) is 29.2 Å². The van der Waals surface area contributed by atoms with Crippen LogP contribution in [0.5, 0.6) is 0 Å². The normalized spacial score (nSPS) is 19.2. The first-order chi connectivity index (χ1) is 11.4. The molecule has 1 aliphatic heterocycles. The van der Waals surface area contributed by atoms with Gasteiger partial charge in [-0.15, -0.1) is 0 Å². The van der Waals surface area contributed by atoms with Crippen molar-refractivity contribution in [3.8, 4) is 0 Å². The standard InChI is InChI=1S/C18H28N2O3S/c1-3-24(22,23)17-10-5-4-9-16(17)18(21)19-11-7-13-20-12-6-8-15(2)14-20/h4-5,9-10,15H,3,6-8,11-14H2,1-2H3,(H,19,21)/t15-/m0/s1. The average Bonchev–Trinajstić information content (AvgIpc) is 2.58. The van der Waals surface area contributed by atoms with Crippen LogP contribution in [0.25, 0.3) is 0 Å². The monoisotopic (exact) mass is 352 g/mol. The minimum absolute atomic E-state index is 0.00949. The van der Waals surface area contributed by atoms with Crippen molar-refractivity contribution in [2.45, 2.75) is 38.0 Å². The van der Waals surface area contributed by atoms with Crippen LogP contribution < -0.4 is 5.32 Å². The third-order valence-electron chi connectivity index (χ3n) is 4.52. The first-order valence-electron chi connectivity index (χ1n) is 8.76. The Hall–Kier alpha value is -1.40. The largest absolute Gasteiger partial charge is 0.352 e. The van der Waals surface area contributed by atoms with E-state index in [2.05, 4.69) is 17.1 Å². The number of carbonyl (C=O) groups is 1. The average molecular weight is 353 g/mol. The van der Waals surface area contributed by atoms with Crippen LogP contribution in [0.3, 0.4) is 0 Å².